The standard InChI is InChI=1S/C23H23ClN2O5S/c1-15-3-4-18-13-19(22(24)25-21(18)16(15)2)14-31-23(27)17-5-7-20(8-6-17)32(28,29)26-9-11-30-12-10-26/h3-8,13H,9-12,14H2,1-2H3. The van der Waals surface area contributed by atoms with Crippen LogP contribution in [0.4, 0.5) is 0 Å². The van der Waals surface area contributed by atoms with Crippen molar-refractivity contribution >= 4 is 38.5 Å². The highest BCUT2D eigenvalue weighted by molar-refractivity contribution is 7.89. The largest absolute Gasteiger partial charge is 0.457 e. The molecule has 1 aromatic heterocycles. The Hall–Kier alpha value is -2.52. The first-order valence-corrected chi connectivity index (χ1v) is 12.0. The Balaban J connectivity index is 1.46. The van der Waals surface area contributed by atoms with Gasteiger partial charge in [0.15, 0.2) is 0 Å². The van der Waals surface area contributed by atoms with Crippen molar-refractivity contribution in [3.8, 4) is 0 Å². The first kappa shape index (κ1) is 22.7. The molecule has 1 saturated heterocycles. The molecule has 1 aliphatic heterocycles. The smallest absolute Gasteiger partial charge is 0.338 e. The van der Waals surface area contributed by atoms with E-state index in [0.717, 1.165) is 22.0 Å². The van der Waals surface area contributed by atoms with E-state index in [1.807, 2.05) is 32.0 Å². The van der Waals surface area contributed by atoms with E-state index in [9.17, 15) is 13.2 Å². The first-order valence-electron chi connectivity index (χ1n) is 10.2. The average Bonchev–Trinajstić information content (AvgIpc) is 2.81. The van der Waals surface area contributed by atoms with Crippen LogP contribution in [0.1, 0.15) is 27.0 Å². The molecule has 0 N–H and O–H groups in total. The molecular weight excluding hydrogens is 452 g/mol. The molecule has 0 spiro atoms. The van der Waals surface area contributed by atoms with Crippen LogP contribution in [0.5, 0.6) is 0 Å². The maximum Gasteiger partial charge on any atom is 0.338 e. The number of benzene rings is 2. The zero-order valence-electron chi connectivity index (χ0n) is 17.8. The van der Waals surface area contributed by atoms with Crippen LogP contribution < -0.4 is 0 Å². The van der Waals surface area contributed by atoms with E-state index >= 15 is 0 Å². The Morgan fingerprint density at radius 2 is 1.81 bits per heavy atom. The topological polar surface area (TPSA) is 85.8 Å². The van der Waals surface area contributed by atoms with Gasteiger partial charge in [-0.15, -0.1) is 0 Å². The SMILES string of the molecule is Cc1ccc2cc(COC(=O)c3ccc(S(=O)(=O)N4CCOCC4)cc3)c(Cl)nc2c1C. The van der Waals surface area contributed by atoms with Gasteiger partial charge in [0, 0.05) is 24.0 Å². The van der Waals surface area contributed by atoms with Gasteiger partial charge in [0.2, 0.25) is 10.0 Å². The number of aromatic nitrogens is 1. The number of morpholine rings is 1. The number of carbonyl (C=O) groups excluding carboxylic acids is 1. The van der Waals surface area contributed by atoms with Gasteiger partial charge in [-0.25, -0.2) is 18.2 Å². The number of aryl methyl sites for hydroxylation is 2. The fraction of sp³-hybridized carbons (Fsp3) is 0.304. The molecule has 9 heteroatoms. The van der Waals surface area contributed by atoms with E-state index < -0.39 is 16.0 Å². The number of hydrogen-bond donors (Lipinski definition) is 0. The van der Waals surface area contributed by atoms with E-state index in [0.29, 0.717) is 31.9 Å². The normalized spacial score (nSPS) is 15.1. The van der Waals surface area contributed by atoms with Crippen molar-refractivity contribution in [2.45, 2.75) is 25.3 Å². The number of carbonyl (C=O) groups is 1. The predicted molar refractivity (Wildman–Crippen MR) is 121 cm³/mol. The van der Waals surface area contributed by atoms with Gasteiger partial charge in [-0.1, -0.05) is 23.7 Å². The maximum atomic E-state index is 12.7. The van der Waals surface area contributed by atoms with E-state index in [1.54, 1.807) is 0 Å². The van der Waals surface area contributed by atoms with E-state index in [4.69, 9.17) is 21.1 Å². The van der Waals surface area contributed by atoms with Crippen LogP contribution in [0.15, 0.2) is 47.4 Å². The highest BCUT2D eigenvalue weighted by Gasteiger charge is 2.26. The first-order chi connectivity index (χ1) is 15.3. The quantitative estimate of drug-likeness (QED) is 0.412. The van der Waals surface area contributed by atoms with Crippen LogP contribution in [-0.4, -0.2) is 50.0 Å². The molecule has 0 unspecified atom stereocenters. The van der Waals surface area contributed by atoms with Gasteiger partial charge in [-0.05, 0) is 55.3 Å². The highest BCUT2D eigenvalue weighted by Crippen LogP contribution is 2.26. The van der Waals surface area contributed by atoms with Crippen LogP contribution in [-0.2, 0) is 26.1 Å². The lowest BCUT2D eigenvalue weighted by Crippen LogP contribution is -2.40. The Labute approximate surface area is 192 Å². The highest BCUT2D eigenvalue weighted by atomic mass is 35.5. The molecule has 0 bridgehead atoms. The summed E-state index contributed by atoms with van der Waals surface area (Å²) in [4.78, 5) is 17.1. The number of ether oxygens (including phenoxy) is 2. The summed E-state index contributed by atoms with van der Waals surface area (Å²) < 4.78 is 37.4. The molecule has 1 fully saturated rings. The lowest BCUT2D eigenvalue weighted by Gasteiger charge is -2.26. The maximum absolute atomic E-state index is 12.7. The van der Waals surface area contributed by atoms with Crippen LogP contribution >= 0.6 is 11.6 Å². The molecule has 0 amide bonds. The zero-order valence-corrected chi connectivity index (χ0v) is 19.4. The predicted octanol–water partition coefficient (Wildman–Crippen LogP) is 3.88. The molecule has 2 heterocycles. The second kappa shape index (κ2) is 9.15. The summed E-state index contributed by atoms with van der Waals surface area (Å²) in [6.45, 7) is 5.32. The number of esters is 1. The summed E-state index contributed by atoms with van der Waals surface area (Å²) in [5, 5.41) is 1.20. The summed E-state index contributed by atoms with van der Waals surface area (Å²) in [6, 6.07) is 11.6. The van der Waals surface area contributed by atoms with Gasteiger partial charge < -0.3 is 9.47 Å². The summed E-state index contributed by atoms with van der Waals surface area (Å²) in [7, 11) is -3.62. The van der Waals surface area contributed by atoms with Crippen molar-refractivity contribution in [3.63, 3.8) is 0 Å². The van der Waals surface area contributed by atoms with Gasteiger partial charge in [0.05, 0.1) is 29.2 Å². The van der Waals surface area contributed by atoms with E-state index in [-0.39, 0.29) is 22.2 Å². The number of sulfonamides is 1. The molecule has 4 rings (SSSR count). The van der Waals surface area contributed by atoms with Gasteiger partial charge in [0.1, 0.15) is 11.8 Å². The van der Waals surface area contributed by atoms with Crippen molar-refractivity contribution < 1.29 is 22.7 Å². The molecule has 0 aliphatic carbocycles. The second-order valence-electron chi connectivity index (χ2n) is 7.63. The molecular formula is C23H23ClN2O5S. The number of nitrogens with zero attached hydrogens (tertiary/aromatic N) is 2. The Bertz CT molecular complexity index is 1270. The van der Waals surface area contributed by atoms with Crippen LogP contribution in [0, 0.1) is 13.8 Å². The number of pyridine rings is 1. The van der Waals surface area contributed by atoms with Crippen molar-refractivity contribution in [3.05, 3.63) is 69.9 Å². The number of fused-ring (bicyclic) bond motifs is 1. The van der Waals surface area contributed by atoms with Crippen LogP contribution in [0.3, 0.4) is 0 Å². The van der Waals surface area contributed by atoms with E-state index in [2.05, 4.69) is 4.98 Å². The molecule has 1 aliphatic rings. The fourth-order valence-corrected chi connectivity index (χ4v) is 5.13. The lowest BCUT2D eigenvalue weighted by molar-refractivity contribution is 0.0472. The molecule has 2 aromatic carbocycles. The summed E-state index contributed by atoms with van der Waals surface area (Å²) >= 11 is 6.32. The minimum Gasteiger partial charge on any atom is -0.457 e. The molecule has 3 aromatic rings. The Kier molecular flexibility index (Phi) is 6.48. The summed E-state index contributed by atoms with van der Waals surface area (Å²) in [5.74, 6) is -0.573. The van der Waals surface area contributed by atoms with Crippen LogP contribution in [0.25, 0.3) is 10.9 Å². The molecule has 7 nitrogen and oxygen atoms in total. The number of halogens is 1. The molecule has 32 heavy (non-hydrogen) atoms. The van der Waals surface area contributed by atoms with Crippen molar-refractivity contribution in [2.24, 2.45) is 0 Å². The third-order valence-electron chi connectivity index (χ3n) is 5.59. The Morgan fingerprint density at radius 3 is 2.50 bits per heavy atom. The molecule has 0 radical (unpaired) electrons. The average molecular weight is 475 g/mol. The van der Waals surface area contributed by atoms with Gasteiger partial charge in [0.25, 0.3) is 0 Å². The Morgan fingerprint density at radius 1 is 1.12 bits per heavy atom. The van der Waals surface area contributed by atoms with Crippen molar-refractivity contribution in [1.29, 1.82) is 0 Å². The monoisotopic (exact) mass is 474 g/mol. The minimum atomic E-state index is -3.62. The fourth-order valence-electron chi connectivity index (χ4n) is 3.53. The lowest BCUT2D eigenvalue weighted by atomic mass is 10.0. The molecule has 0 saturated carbocycles. The second-order valence-corrected chi connectivity index (χ2v) is 9.93. The van der Waals surface area contributed by atoms with Crippen molar-refractivity contribution in [2.75, 3.05) is 26.3 Å². The van der Waals surface area contributed by atoms with Gasteiger partial charge >= 0.3 is 5.97 Å². The third-order valence-corrected chi connectivity index (χ3v) is 7.83. The number of hydrogen-bond acceptors (Lipinski definition) is 6. The van der Waals surface area contributed by atoms with Crippen LogP contribution in [0.2, 0.25) is 5.15 Å². The summed E-state index contributed by atoms with van der Waals surface area (Å²) in [5.41, 5.74) is 3.85. The summed E-state index contributed by atoms with van der Waals surface area (Å²) in [6.07, 6.45) is 0. The number of rotatable bonds is 5. The van der Waals surface area contributed by atoms with Gasteiger partial charge in [-0.2, -0.15) is 4.31 Å². The minimum absolute atomic E-state index is 0.0403. The van der Waals surface area contributed by atoms with E-state index in [1.165, 1.54) is 28.6 Å². The third kappa shape index (κ3) is 4.49. The van der Waals surface area contributed by atoms with Gasteiger partial charge in [-0.3, -0.25) is 0 Å². The molecule has 0 atom stereocenters. The van der Waals surface area contributed by atoms with Crippen molar-refractivity contribution in [1.82, 2.24) is 9.29 Å². The molecule has 168 valence electrons. The zero-order chi connectivity index (χ0) is 22.9.